The van der Waals surface area contributed by atoms with Crippen LogP contribution >= 0.6 is 0 Å². The lowest BCUT2D eigenvalue weighted by Crippen LogP contribution is -1.98. The quantitative estimate of drug-likeness (QED) is 0.197. The van der Waals surface area contributed by atoms with E-state index >= 15 is 0 Å². The Morgan fingerprint density at radius 1 is 0.326 bits per heavy atom. The third-order valence-electron chi connectivity index (χ3n) is 9.40. The van der Waals surface area contributed by atoms with Crippen LogP contribution in [0.15, 0.2) is 146 Å². The number of hydrogen-bond acceptors (Lipinski definition) is 1. The summed E-state index contributed by atoms with van der Waals surface area (Å²) in [4.78, 5) is 0. The minimum Gasteiger partial charge on any atom is -0.455 e. The van der Waals surface area contributed by atoms with E-state index in [1.807, 2.05) is 0 Å². The van der Waals surface area contributed by atoms with Gasteiger partial charge in [-0.05, 0) is 89.1 Å². The van der Waals surface area contributed by atoms with Crippen LogP contribution in [0.2, 0.25) is 0 Å². The van der Waals surface area contributed by atoms with Crippen molar-refractivity contribution in [3.05, 3.63) is 146 Å². The molecule has 0 unspecified atom stereocenters. The van der Waals surface area contributed by atoms with E-state index in [2.05, 4.69) is 146 Å². The fraction of sp³-hybridized carbons (Fsp3) is 0. The Morgan fingerprint density at radius 3 is 1.77 bits per heavy atom. The Labute approximate surface area is 248 Å². The van der Waals surface area contributed by atoms with Gasteiger partial charge in [0.05, 0.1) is 0 Å². The molecule has 198 valence electrons. The molecular weight excluding hydrogens is 520 g/mol. The highest BCUT2D eigenvalue weighted by Gasteiger charge is 2.23. The van der Waals surface area contributed by atoms with Gasteiger partial charge in [-0.3, -0.25) is 0 Å². The molecule has 43 heavy (non-hydrogen) atoms. The number of rotatable bonds is 2. The predicted molar refractivity (Wildman–Crippen MR) is 182 cm³/mol. The second kappa shape index (κ2) is 8.44. The number of hydrogen-bond donors (Lipinski definition) is 0. The first-order valence-electron chi connectivity index (χ1n) is 14.8. The zero-order chi connectivity index (χ0) is 28.1. The second-order valence-corrected chi connectivity index (χ2v) is 11.7. The fourth-order valence-electron chi connectivity index (χ4n) is 7.45. The maximum atomic E-state index is 6.65. The van der Waals surface area contributed by atoms with Crippen LogP contribution in [-0.2, 0) is 0 Å². The standard InChI is InChI=1S/C42H24O/c1-2-11-33-25(6-1)16-21-37-35-13-5-12-34-32(22-23-38(41(34)35)43-42(33)37)30-10-4-9-29(24-30)31-19-17-28-15-14-26-7-3-8-27-18-20-36(31)40(28)39(26)27/h1-24H. The molecule has 1 aliphatic rings. The van der Waals surface area contributed by atoms with Gasteiger partial charge in [0.1, 0.15) is 11.5 Å². The summed E-state index contributed by atoms with van der Waals surface area (Å²) in [6, 6.07) is 53.1. The maximum Gasteiger partial charge on any atom is 0.143 e. The zero-order valence-corrected chi connectivity index (χ0v) is 23.3. The molecule has 0 saturated heterocycles. The molecule has 0 radical (unpaired) electrons. The summed E-state index contributed by atoms with van der Waals surface area (Å²) < 4.78 is 6.65. The highest BCUT2D eigenvalue weighted by atomic mass is 16.5. The van der Waals surface area contributed by atoms with Crippen LogP contribution in [0.5, 0.6) is 11.5 Å². The van der Waals surface area contributed by atoms with Crippen molar-refractivity contribution in [2.45, 2.75) is 0 Å². The van der Waals surface area contributed by atoms with Crippen molar-refractivity contribution in [2.24, 2.45) is 0 Å². The molecule has 1 heterocycles. The molecule has 0 amide bonds. The van der Waals surface area contributed by atoms with Crippen LogP contribution < -0.4 is 4.74 Å². The van der Waals surface area contributed by atoms with Gasteiger partial charge in [0.15, 0.2) is 0 Å². The third-order valence-corrected chi connectivity index (χ3v) is 9.40. The van der Waals surface area contributed by atoms with E-state index in [0.29, 0.717) is 0 Å². The van der Waals surface area contributed by atoms with Gasteiger partial charge in [-0.2, -0.15) is 0 Å². The lowest BCUT2D eigenvalue weighted by molar-refractivity contribution is 0.493. The normalized spacial score (nSPS) is 12.4. The first-order valence-corrected chi connectivity index (χ1v) is 14.8. The van der Waals surface area contributed by atoms with Crippen molar-refractivity contribution in [2.75, 3.05) is 0 Å². The Bertz CT molecular complexity index is 2570. The minimum atomic E-state index is 0.918. The molecule has 1 nitrogen and oxygen atoms in total. The molecule has 0 N–H and O–H groups in total. The van der Waals surface area contributed by atoms with Gasteiger partial charge < -0.3 is 4.74 Å². The van der Waals surface area contributed by atoms with Gasteiger partial charge in [-0.1, -0.05) is 127 Å². The molecule has 0 aromatic heterocycles. The molecule has 0 saturated carbocycles. The summed E-state index contributed by atoms with van der Waals surface area (Å²) in [6.45, 7) is 0. The van der Waals surface area contributed by atoms with Crippen molar-refractivity contribution in [3.63, 3.8) is 0 Å². The number of fused-ring (bicyclic) bond motifs is 4. The lowest BCUT2D eigenvalue weighted by Gasteiger charge is -2.24. The third kappa shape index (κ3) is 3.17. The molecule has 0 aliphatic carbocycles. The monoisotopic (exact) mass is 544 g/mol. The Kier molecular flexibility index (Phi) is 4.51. The van der Waals surface area contributed by atoms with Crippen molar-refractivity contribution in [1.82, 2.24) is 0 Å². The van der Waals surface area contributed by atoms with Crippen molar-refractivity contribution in [1.29, 1.82) is 0 Å². The topological polar surface area (TPSA) is 9.23 Å². The Hall–Kier alpha value is -5.66. The van der Waals surface area contributed by atoms with Gasteiger partial charge in [-0.25, -0.2) is 0 Å². The minimum absolute atomic E-state index is 0.918. The van der Waals surface area contributed by atoms with Gasteiger partial charge in [0.25, 0.3) is 0 Å². The molecule has 0 atom stereocenters. The zero-order valence-electron chi connectivity index (χ0n) is 23.3. The number of benzene rings is 9. The molecule has 1 aliphatic heterocycles. The van der Waals surface area contributed by atoms with Crippen LogP contribution in [0, 0.1) is 0 Å². The smallest absolute Gasteiger partial charge is 0.143 e. The van der Waals surface area contributed by atoms with E-state index < -0.39 is 0 Å². The summed E-state index contributed by atoms with van der Waals surface area (Å²) in [7, 11) is 0. The molecule has 1 heteroatoms. The van der Waals surface area contributed by atoms with E-state index in [-0.39, 0.29) is 0 Å². The molecule has 9 aromatic rings. The SMILES string of the molecule is c1cc(-c2ccc3c4c(cccc24)-c2ccc4ccccc4c2O3)cc(-c2ccc3ccc4cccc5ccc2c3c45)c1. The molecule has 0 fully saturated rings. The van der Waals surface area contributed by atoms with Crippen LogP contribution in [0.3, 0.4) is 0 Å². The predicted octanol–water partition coefficient (Wildman–Crippen LogP) is 12.0. The Morgan fingerprint density at radius 2 is 0.907 bits per heavy atom. The Balaban J connectivity index is 1.17. The first kappa shape index (κ1) is 23.0. The van der Waals surface area contributed by atoms with E-state index in [9.17, 15) is 0 Å². The van der Waals surface area contributed by atoms with E-state index in [1.165, 1.54) is 76.3 Å². The summed E-state index contributed by atoms with van der Waals surface area (Å²) >= 11 is 0. The van der Waals surface area contributed by atoms with Gasteiger partial charge >= 0.3 is 0 Å². The summed E-state index contributed by atoms with van der Waals surface area (Å²) in [5, 5.41) is 12.6. The molecule has 9 aromatic carbocycles. The molecular formula is C42H24O. The highest BCUT2D eigenvalue weighted by molar-refractivity contribution is 6.25. The van der Waals surface area contributed by atoms with Crippen molar-refractivity contribution < 1.29 is 4.74 Å². The number of ether oxygens (including phenoxy) is 1. The van der Waals surface area contributed by atoms with Crippen LogP contribution in [-0.4, -0.2) is 0 Å². The first-order chi connectivity index (χ1) is 21.3. The summed E-state index contributed by atoms with van der Waals surface area (Å²) in [6.07, 6.45) is 0. The average molecular weight is 545 g/mol. The van der Waals surface area contributed by atoms with Crippen LogP contribution in [0.4, 0.5) is 0 Å². The summed E-state index contributed by atoms with van der Waals surface area (Å²) in [5.41, 5.74) is 7.29. The molecule has 0 spiro atoms. The maximum absolute atomic E-state index is 6.65. The molecule has 10 rings (SSSR count). The average Bonchev–Trinajstić information content (AvgIpc) is 3.07. The van der Waals surface area contributed by atoms with Gasteiger partial charge in [0.2, 0.25) is 0 Å². The van der Waals surface area contributed by atoms with Gasteiger partial charge in [0, 0.05) is 16.3 Å². The van der Waals surface area contributed by atoms with Crippen LogP contribution in [0.25, 0.3) is 87.2 Å². The second-order valence-electron chi connectivity index (χ2n) is 11.7. The largest absolute Gasteiger partial charge is 0.455 e. The van der Waals surface area contributed by atoms with Crippen molar-refractivity contribution in [3.8, 4) is 44.9 Å². The summed E-state index contributed by atoms with van der Waals surface area (Å²) in [5.74, 6) is 1.86. The van der Waals surface area contributed by atoms with E-state index in [1.54, 1.807) is 0 Å². The lowest BCUT2D eigenvalue weighted by atomic mass is 9.87. The highest BCUT2D eigenvalue weighted by Crippen LogP contribution is 2.51. The van der Waals surface area contributed by atoms with E-state index in [0.717, 1.165) is 22.4 Å². The van der Waals surface area contributed by atoms with Gasteiger partial charge in [-0.15, -0.1) is 0 Å². The van der Waals surface area contributed by atoms with Crippen LogP contribution in [0.1, 0.15) is 0 Å². The van der Waals surface area contributed by atoms with Crippen molar-refractivity contribution >= 4 is 53.9 Å². The molecule has 0 bridgehead atoms. The fourth-order valence-corrected chi connectivity index (χ4v) is 7.45. The van der Waals surface area contributed by atoms with E-state index in [4.69, 9.17) is 4.74 Å².